The lowest BCUT2D eigenvalue weighted by Gasteiger charge is -2.30. The standard InChI is InChI=1S/C12H16F2N2O/c13-9-1-2-10(11(14)7-9)12(16-17)8-3-5-15-6-4-8/h1-2,7-8,12,15-17H,3-6H2. The third-order valence-corrected chi connectivity index (χ3v) is 3.29. The molecule has 1 aliphatic rings. The first-order valence-electron chi connectivity index (χ1n) is 5.77. The Kier molecular flexibility index (Phi) is 4.04. The zero-order valence-corrected chi connectivity index (χ0v) is 9.42. The second-order valence-corrected chi connectivity index (χ2v) is 4.36. The largest absolute Gasteiger partial charge is 0.317 e. The molecule has 1 unspecified atom stereocenters. The van der Waals surface area contributed by atoms with Gasteiger partial charge in [0.15, 0.2) is 0 Å². The van der Waals surface area contributed by atoms with Gasteiger partial charge in [-0.3, -0.25) is 0 Å². The van der Waals surface area contributed by atoms with Crippen molar-refractivity contribution in [2.75, 3.05) is 13.1 Å². The Hall–Kier alpha value is -1.04. The summed E-state index contributed by atoms with van der Waals surface area (Å²) < 4.78 is 26.5. The fraction of sp³-hybridized carbons (Fsp3) is 0.500. The molecule has 3 nitrogen and oxygen atoms in total. The molecular weight excluding hydrogens is 226 g/mol. The van der Waals surface area contributed by atoms with Gasteiger partial charge in [0.1, 0.15) is 11.6 Å². The zero-order chi connectivity index (χ0) is 12.3. The first-order valence-corrected chi connectivity index (χ1v) is 5.77. The van der Waals surface area contributed by atoms with Gasteiger partial charge < -0.3 is 10.5 Å². The molecule has 1 aromatic rings. The van der Waals surface area contributed by atoms with Crippen LogP contribution >= 0.6 is 0 Å². The molecule has 5 heteroatoms. The number of benzene rings is 1. The molecule has 1 aliphatic heterocycles. The molecule has 1 fully saturated rings. The Morgan fingerprint density at radius 1 is 1.29 bits per heavy atom. The Bertz CT molecular complexity index is 381. The molecule has 0 amide bonds. The highest BCUT2D eigenvalue weighted by Crippen LogP contribution is 2.30. The maximum atomic E-state index is 13.6. The van der Waals surface area contributed by atoms with Gasteiger partial charge in [0.25, 0.3) is 0 Å². The second-order valence-electron chi connectivity index (χ2n) is 4.36. The molecule has 1 heterocycles. The highest BCUT2D eigenvalue weighted by molar-refractivity contribution is 5.22. The topological polar surface area (TPSA) is 44.3 Å². The second kappa shape index (κ2) is 5.53. The lowest BCUT2D eigenvalue weighted by atomic mass is 9.86. The molecule has 1 saturated heterocycles. The molecule has 0 bridgehead atoms. The van der Waals surface area contributed by atoms with E-state index >= 15 is 0 Å². The van der Waals surface area contributed by atoms with Crippen LogP contribution in [0.4, 0.5) is 8.78 Å². The number of halogens is 2. The normalized spacial score (nSPS) is 19.2. The van der Waals surface area contributed by atoms with E-state index in [9.17, 15) is 14.0 Å². The fourth-order valence-corrected chi connectivity index (χ4v) is 2.36. The highest BCUT2D eigenvalue weighted by Gasteiger charge is 2.26. The van der Waals surface area contributed by atoms with E-state index in [1.807, 2.05) is 0 Å². The van der Waals surface area contributed by atoms with Crippen molar-refractivity contribution in [2.24, 2.45) is 5.92 Å². The molecule has 1 atom stereocenters. The summed E-state index contributed by atoms with van der Waals surface area (Å²) >= 11 is 0. The monoisotopic (exact) mass is 242 g/mol. The van der Waals surface area contributed by atoms with Crippen molar-refractivity contribution in [3.8, 4) is 0 Å². The van der Waals surface area contributed by atoms with Crippen molar-refractivity contribution in [3.05, 3.63) is 35.4 Å². The van der Waals surface area contributed by atoms with Crippen molar-refractivity contribution in [1.29, 1.82) is 0 Å². The third-order valence-electron chi connectivity index (χ3n) is 3.29. The molecule has 0 radical (unpaired) electrons. The van der Waals surface area contributed by atoms with Gasteiger partial charge in [-0.1, -0.05) is 6.07 Å². The number of hydrogen-bond acceptors (Lipinski definition) is 3. The van der Waals surface area contributed by atoms with Crippen molar-refractivity contribution in [1.82, 2.24) is 10.8 Å². The molecule has 0 aliphatic carbocycles. The van der Waals surface area contributed by atoms with E-state index in [0.717, 1.165) is 32.0 Å². The lowest BCUT2D eigenvalue weighted by Crippen LogP contribution is -2.35. The van der Waals surface area contributed by atoms with Gasteiger partial charge in [0, 0.05) is 11.6 Å². The van der Waals surface area contributed by atoms with Crippen molar-refractivity contribution < 1.29 is 14.0 Å². The molecular formula is C12H16F2N2O. The predicted octanol–water partition coefficient (Wildman–Crippen LogP) is 1.98. The molecule has 0 saturated carbocycles. The summed E-state index contributed by atoms with van der Waals surface area (Å²) in [6.07, 6.45) is 1.71. The molecule has 0 aromatic heterocycles. The van der Waals surface area contributed by atoms with E-state index in [1.54, 1.807) is 0 Å². The van der Waals surface area contributed by atoms with Gasteiger partial charge in [0.2, 0.25) is 0 Å². The van der Waals surface area contributed by atoms with Gasteiger partial charge in [-0.25, -0.2) is 8.78 Å². The summed E-state index contributed by atoms with van der Waals surface area (Å²) in [5, 5.41) is 12.4. The van der Waals surface area contributed by atoms with Crippen molar-refractivity contribution >= 4 is 0 Å². The number of hydrogen-bond donors (Lipinski definition) is 3. The Morgan fingerprint density at radius 2 is 2.00 bits per heavy atom. The molecule has 3 N–H and O–H groups in total. The molecule has 1 aromatic carbocycles. The van der Waals surface area contributed by atoms with Gasteiger partial charge in [-0.05, 0) is 37.9 Å². The van der Waals surface area contributed by atoms with Gasteiger partial charge in [-0.15, -0.1) is 0 Å². The smallest absolute Gasteiger partial charge is 0.130 e. The number of hydroxylamine groups is 1. The van der Waals surface area contributed by atoms with Crippen LogP contribution < -0.4 is 10.8 Å². The Balaban J connectivity index is 2.21. The van der Waals surface area contributed by atoms with Crippen molar-refractivity contribution in [2.45, 2.75) is 18.9 Å². The maximum absolute atomic E-state index is 13.6. The van der Waals surface area contributed by atoms with Crippen LogP contribution in [0, 0.1) is 17.6 Å². The summed E-state index contributed by atoms with van der Waals surface area (Å²) in [6, 6.07) is 2.98. The molecule has 0 spiro atoms. The van der Waals surface area contributed by atoms with E-state index in [4.69, 9.17) is 0 Å². The summed E-state index contributed by atoms with van der Waals surface area (Å²) in [4.78, 5) is 0. The van der Waals surface area contributed by atoms with Crippen LogP contribution in [0.2, 0.25) is 0 Å². The minimum absolute atomic E-state index is 0.154. The third kappa shape index (κ3) is 2.80. The average Bonchev–Trinajstić information content (AvgIpc) is 2.34. The van der Waals surface area contributed by atoms with E-state index in [0.29, 0.717) is 5.56 Å². The van der Waals surface area contributed by atoms with Crippen LogP contribution in [0.15, 0.2) is 18.2 Å². The minimum atomic E-state index is -0.616. The van der Waals surface area contributed by atoms with E-state index < -0.39 is 17.7 Å². The zero-order valence-electron chi connectivity index (χ0n) is 9.42. The lowest BCUT2D eigenvalue weighted by molar-refractivity contribution is 0.0845. The summed E-state index contributed by atoms with van der Waals surface area (Å²) in [5.74, 6) is -1.07. The first-order chi connectivity index (χ1) is 8.22. The van der Waals surface area contributed by atoms with Crippen molar-refractivity contribution in [3.63, 3.8) is 0 Å². The van der Waals surface area contributed by atoms with Crippen LogP contribution in [0.25, 0.3) is 0 Å². The van der Waals surface area contributed by atoms with Crippen LogP contribution in [-0.2, 0) is 0 Å². The predicted molar refractivity (Wildman–Crippen MR) is 59.6 cm³/mol. The number of piperidine rings is 1. The molecule has 94 valence electrons. The number of rotatable bonds is 3. The fourth-order valence-electron chi connectivity index (χ4n) is 2.36. The van der Waals surface area contributed by atoms with E-state index in [2.05, 4.69) is 10.8 Å². The highest BCUT2D eigenvalue weighted by atomic mass is 19.1. The SMILES string of the molecule is ONC(c1ccc(F)cc1F)C1CCNCC1. The van der Waals surface area contributed by atoms with Gasteiger partial charge in [0.05, 0.1) is 6.04 Å². The first kappa shape index (κ1) is 12.4. The Morgan fingerprint density at radius 3 is 2.59 bits per heavy atom. The van der Waals surface area contributed by atoms with Crippen LogP contribution in [0.5, 0.6) is 0 Å². The molecule has 2 rings (SSSR count). The summed E-state index contributed by atoms with van der Waals surface area (Å²) in [5.41, 5.74) is 2.48. The molecule has 17 heavy (non-hydrogen) atoms. The summed E-state index contributed by atoms with van der Waals surface area (Å²) in [6.45, 7) is 1.71. The Labute approximate surface area is 98.8 Å². The minimum Gasteiger partial charge on any atom is -0.317 e. The van der Waals surface area contributed by atoms with Gasteiger partial charge >= 0.3 is 0 Å². The van der Waals surface area contributed by atoms with Crippen LogP contribution in [0.1, 0.15) is 24.4 Å². The van der Waals surface area contributed by atoms with E-state index in [1.165, 1.54) is 12.1 Å². The van der Waals surface area contributed by atoms with Gasteiger partial charge in [-0.2, -0.15) is 5.48 Å². The maximum Gasteiger partial charge on any atom is 0.130 e. The summed E-state index contributed by atoms with van der Waals surface area (Å²) in [7, 11) is 0. The quantitative estimate of drug-likeness (QED) is 0.710. The van der Waals surface area contributed by atoms with Crippen LogP contribution in [-0.4, -0.2) is 18.3 Å². The van der Waals surface area contributed by atoms with Crippen LogP contribution in [0.3, 0.4) is 0 Å². The van der Waals surface area contributed by atoms with E-state index in [-0.39, 0.29) is 5.92 Å². The average molecular weight is 242 g/mol. The number of nitrogens with one attached hydrogen (secondary N) is 2.